The van der Waals surface area contributed by atoms with E-state index in [1.807, 2.05) is 6.92 Å². The first kappa shape index (κ1) is 11.2. The fraction of sp³-hybridized carbons (Fsp3) is 0.0833. The average Bonchev–Trinajstić information content (AvgIpc) is 2.20. The highest BCUT2D eigenvalue weighted by molar-refractivity contribution is 6.35. The lowest BCUT2D eigenvalue weighted by atomic mass is 10.1. The van der Waals surface area contributed by atoms with Crippen LogP contribution in [0.4, 0.5) is 0 Å². The fourth-order valence-electron chi connectivity index (χ4n) is 1.45. The number of hydrogen-bond donors (Lipinski definition) is 1. The summed E-state index contributed by atoms with van der Waals surface area (Å²) in [5.41, 5.74) is 1.96. The van der Waals surface area contributed by atoms with Crippen LogP contribution < -0.4 is 0 Å². The molecule has 4 heteroatoms. The molecular weight excluding hydrogens is 245 g/mol. The van der Waals surface area contributed by atoms with E-state index in [1.54, 1.807) is 30.5 Å². The number of benzene rings is 1. The first-order valence-electron chi connectivity index (χ1n) is 4.69. The van der Waals surface area contributed by atoms with Gasteiger partial charge in [0.25, 0.3) is 0 Å². The predicted octanol–water partition coefficient (Wildman–Crippen LogP) is 4.07. The summed E-state index contributed by atoms with van der Waals surface area (Å²) in [4.78, 5) is 4.12. The summed E-state index contributed by atoms with van der Waals surface area (Å²) in [7, 11) is 0. The molecule has 2 aromatic rings. The maximum absolute atomic E-state index is 9.88. The molecule has 0 aliphatic rings. The Morgan fingerprint density at radius 3 is 2.38 bits per heavy atom. The third-order valence-electron chi connectivity index (χ3n) is 2.26. The van der Waals surface area contributed by atoms with E-state index in [4.69, 9.17) is 23.2 Å². The van der Waals surface area contributed by atoms with Crippen molar-refractivity contribution in [3.63, 3.8) is 0 Å². The molecule has 0 spiro atoms. The highest BCUT2D eigenvalue weighted by Gasteiger charge is 2.09. The molecule has 0 unspecified atom stereocenters. The molecule has 2 nitrogen and oxygen atoms in total. The quantitative estimate of drug-likeness (QED) is 0.832. The summed E-state index contributed by atoms with van der Waals surface area (Å²) in [6.07, 6.45) is 1.64. The number of nitrogens with zero attached hydrogens (tertiary/aromatic N) is 1. The van der Waals surface area contributed by atoms with Gasteiger partial charge >= 0.3 is 0 Å². The van der Waals surface area contributed by atoms with Crippen molar-refractivity contribution < 1.29 is 5.11 Å². The van der Waals surface area contributed by atoms with Crippen molar-refractivity contribution in [1.82, 2.24) is 4.98 Å². The molecule has 0 radical (unpaired) electrons. The number of pyridine rings is 1. The van der Waals surface area contributed by atoms with Crippen molar-refractivity contribution in [2.24, 2.45) is 0 Å². The van der Waals surface area contributed by atoms with E-state index >= 15 is 0 Å². The van der Waals surface area contributed by atoms with E-state index in [2.05, 4.69) is 4.98 Å². The van der Waals surface area contributed by atoms with Crippen LogP contribution in [0.5, 0.6) is 5.75 Å². The van der Waals surface area contributed by atoms with Crippen molar-refractivity contribution in [2.75, 3.05) is 0 Å². The van der Waals surface area contributed by atoms with Gasteiger partial charge in [0.2, 0.25) is 0 Å². The minimum atomic E-state index is 0.154. The molecular formula is C12H9Cl2NO. The van der Waals surface area contributed by atoms with Crippen LogP contribution in [0, 0.1) is 6.92 Å². The number of hydrogen-bond acceptors (Lipinski definition) is 2. The van der Waals surface area contributed by atoms with Gasteiger partial charge in [-0.2, -0.15) is 0 Å². The Kier molecular flexibility index (Phi) is 3.03. The normalized spacial score (nSPS) is 10.4. The molecule has 0 bridgehead atoms. The molecule has 0 aliphatic heterocycles. The van der Waals surface area contributed by atoms with Crippen molar-refractivity contribution in [3.8, 4) is 17.0 Å². The van der Waals surface area contributed by atoms with Crippen LogP contribution in [0.1, 0.15) is 5.56 Å². The minimum Gasteiger partial charge on any atom is -0.505 e. The number of aromatic nitrogens is 1. The summed E-state index contributed by atoms with van der Waals surface area (Å²) in [5.74, 6) is 0.154. The minimum absolute atomic E-state index is 0.154. The van der Waals surface area contributed by atoms with E-state index in [-0.39, 0.29) is 5.75 Å². The number of halogens is 2. The Hall–Kier alpha value is -1.25. The van der Waals surface area contributed by atoms with Gasteiger partial charge in [-0.15, -0.1) is 0 Å². The highest BCUT2D eigenvalue weighted by atomic mass is 35.5. The SMILES string of the molecule is Cc1ccnc(-c2cc(Cl)cc(Cl)c2)c1O. The average molecular weight is 254 g/mol. The van der Waals surface area contributed by atoms with Crippen molar-refractivity contribution in [2.45, 2.75) is 6.92 Å². The Labute approximate surface area is 103 Å². The molecule has 0 amide bonds. The van der Waals surface area contributed by atoms with E-state index in [9.17, 15) is 5.11 Å². The third kappa shape index (κ3) is 2.13. The summed E-state index contributed by atoms with van der Waals surface area (Å²) in [6.45, 7) is 1.81. The van der Waals surface area contributed by atoms with Gasteiger partial charge in [-0.25, -0.2) is 0 Å². The third-order valence-corrected chi connectivity index (χ3v) is 2.70. The van der Waals surface area contributed by atoms with Crippen LogP contribution in [0.25, 0.3) is 11.3 Å². The zero-order valence-electron chi connectivity index (χ0n) is 8.54. The topological polar surface area (TPSA) is 33.1 Å². The second kappa shape index (κ2) is 4.32. The summed E-state index contributed by atoms with van der Waals surface area (Å²) in [6, 6.07) is 6.81. The van der Waals surface area contributed by atoms with Gasteiger partial charge in [-0.1, -0.05) is 23.2 Å². The Balaban J connectivity index is 2.63. The van der Waals surface area contributed by atoms with E-state index in [1.165, 1.54) is 0 Å². The van der Waals surface area contributed by atoms with Crippen LogP contribution in [-0.4, -0.2) is 10.1 Å². The van der Waals surface area contributed by atoms with Crippen LogP contribution >= 0.6 is 23.2 Å². The largest absolute Gasteiger partial charge is 0.505 e. The lowest BCUT2D eigenvalue weighted by molar-refractivity contribution is 0.471. The second-order valence-electron chi connectivity index (χ2n) is 3.48. The van der Waals surface area contributed by atoms with Crippen LogP contribution in [-0.2, 0) is 0 Å². The summed E-state index contributed by atoms with van der Waals surface area (Å²) >= 11 is 11.8. The van der Waals surface area contributed by atoms with Crippen LogP contribution in [0.3, 0.4) is 0 Å². The molecule has 2 rings (SSSR count). The summed E-state index contributed by atoms with van der Waals surface area (Å²) in [5, 5.41) is 10.9. The molecule has 0 atom stereocenters. The monoisotopic (exact) mass is 253 g/mol. The molecule has 0 fully saturated rings. The smallest absolute Gasteiger partial charge is 0.144 e. The number of aryl methyl sites for hydroxylation is 1. The molecule has 0 saturated heterocycles. The van der Waals surface area contributed by atoms with E-state index in [0.29, 0.717) is 21.3 Å². The van der Waals surface area contributed by atoms with Gasteiger partial charge in [-0.3, -0.25) is 4.98 Å². The molecule has 1 heterocycles. The van der Waals surface area contributed by atoms with Crippen molar-refractivity contribution in [3.05, 3.63) is 46.1 Å². The lowest BCUT2D eigenvalue weighted by Crippen LogP contribution is -1.87. The highest BCUT2D eigenvalue weighted by Crippen LogP contribution is 2.32. The fourth-order valence-corrected chi connectivity index (χ4v) is 1.98. The molecule has 0 aliphatic carbocycles. The predicted molar refractivity (Wildman–Crippen MR) is 66.1 cm³/mol. The van der Waals surface area contributed by atoms with Crippen molar-refractivity contribution in [1.29, 1.82) is 0 Å². The standard InChI is InChI=1S/C12H9Cl2NO/c1-7-2-3-15-11(12(7)16)8-4-9(13)6-10(14)5-8/h2-6,16H,1H3. The maximum atomic E-state index is 9.88. The van der Waals surface area contributed by atoms with Gasteiger partial charge in [0.15, 0.2) is 0 Å². The molecule has 82 valence electrons. The Morgan fingerprint density at radius 1 is 1.12 bits per heavy atom. The van der Waals surface area contributed by atoms with Crippen LogP contribution in [0.15, 0.2) is 30.5 Å². The van der Waals surface area contributed by atoms with Gasteiger partial charge < -0.3 is 5.11 Å². The zero-order chi connectivity index (χ0) is 11.7. The van der Waals surface area contributed by atoms with Crippen molar-refractivity contribution >= 4 is 23.2 Å². The molecule has 0 saturated carbocycles. The van der Waals surface area contributed by atoms with E-state index < -0.39 is 0 Å². The molecule has 1 aromatic heterocycles. The lowest BCUT2D eigenvalue weighted by Gasteiger charge is -2.06. The van der Waals surface area contributed by atoms with Gasteiger partial charge in [0.05, 0.1) is 0 Å². The van der Waals surface area contributed by atoms with Gasteiger partial charge in [0.1, 0.15) is 11.4 Å². The molecule has 1 N–H and O–H groups in total. The zero-order valence-corrected chi connectivity index (χ0v) is 10.0. The summed E-state index contributed by atoms with van der Waals surface area (Å²) < 4.78 is 0. The Morgan fingerprint density at radius 2 is 1.75 bits per heavy atom. The Bertz CT molecular complexity index is 520. The van der Waals surface area contributed by atoms with Gasteiger partial charge in [-0.05, 0) is 36.8 Å². The number of aromatic hydroxyl groups is 1. The van der Waals surface area contributed by atoms with E-state index in [0.717, 1.165) is 5.56 Å². The number of rotatable bonds is 1. The maximum Gasteiger partial charge on any atom is 0.144 e. The molecule has 16 heavy (non-hydrogen) atoms. The first-order valence-corrected chi connectivity index (χ1v) is 5.44. The second-order valence-corrected chi connectivity index (χ2v) is 4.36. The van der Waals surface area contributed by atoms with Crippen LogP contribution in [0.2, 0.25) is 10.0 Å². The first-order chi connectivity index (χ1) is 7.58. The molecule has 1 aromatic carbocycles. The van der Waals surface area contributed by atoms with Gasteiger partial charge in [0, 0.05) is 21.8 Å².